The Hall–Kier alpha value is -1.73. The van der Waals surface area contributed by atoms with Crippen LogP contribution in [0.1, 0.15) is 5.56 Å². The zero-order chi connectivity index (χ0) is 13.5. The second-order valence-electron chi connectivity index (χ2n) is 3.50. The number of nitrogens with one attached hydrogen (secondary N) is 1. The highest BCUT2D eigenvalue weighted by Crippen LogP contribution is 2.15. The molecule has 0 fully saturated rings. The van der Waals surface area contributed by atoms with Crippen LogP contribution in [-0.2, 0) is 9.53 Å². The largest absolute Gasteiger partial charge is 0.389 e. The van der Waals surface area contributed by atoms with Crippen molar-refractivity contribution in [2.24, 2.45) is 11.5 Å². The summed E-state index contributed by atoms with van der Waals surface area (Å²) in [7, 11) is 0. The number of carbonyl (C=O) groups excluding carboxylic acids is 1. The van der Waals surface area contributed by atoms with Gasteiger partial charge in [-0.1, -0.05) is 12.2 Å². The maximum atomic E-state index is 13.6. The van der Waals surface area contributed by atoms with Crippen LogP contribution in [0.5, 0.6) is 0 Å². The number of benzene rings is 1. The van der Waals surface area contributed by atoms with Gasteiger partial charge in [-0.2, -0.15) is 0 Å². The summed E-state index contributed by atoms with van der Waals surface area (Å²) >= 11 is 4.74. The number of halogens is 1. The Morgan fingerprint density at radius 2 is 2.17 bits per heavy atom. The van der Waals surface area contributed by atoms with Crippen LogP contribution in [0, 0.1) is 5.82 Å². The van der Waals surface area contributed by atoms with E-state index in [1.165, 1.54) is 12.1 Å². The maximum absolute atomic E-state index is 13.6. The summed E-state index contributed by atoms with van der Waals surface area (Å²) in [6.45, 7) is 0.459. The highest BCUT2D eigenvalue weighted by molar-refractivity contribution is 7.80. The molecule has 0 bridgehead atoms. The first-order valence-corrected chi connectivity index (χ1v) is 5.61. The third-order valence-electron chi connectivity index (χ3n) is 2.06. The zero-order valence-corrected chi connectivity index (χ0v) is 10.4. The average molecular weight is 271 g/mol. The van der Waals surface area contributed by atoms with Crippen molar-refractivity contribution in [2.75, 3.05) is 25.1 Å². The summed E-state index contributed by atoms with van der Waals surface area (Å²) in [6.07, 6.45) is 0. The van der Waals surface area contributed by atoms with Crippen molar-refractivity contribution in [3.63, 3.8) is 0 Å². The van der Waals surface area contributed by atoms with Crippen LogP contribution in [0.15, 0.2) is 18.2 Å². The van der Waals surface area contributed by atoms with E-state index in [9.17, 15) is 9.18 Å². The van der Waals surface area contributed by atoms with Crippen molar-refractivity contribution in [3.05, 3.63) is 29.6 Å². The van der Waals surface area contributed by atoms with E-state index in [2.05, 4.69) is 5.32 Å². The molecule has 0 aromatic heterocycles. The van der Waals surface area contributed by atoms with Crippen LogP contribution >= 0.6 is 12.2 Å². The van der Waals surface area contributed by atoms with Gasteiger partial charge >= 0.3 is 0 Å². The topological polar surface area (TPSA) is 90.4 Å². The summed E-state index contributed by atoms with van der Waals surface area (Å²) in [5.41, 5.74) is 11.1. The van der Waals surface area contributed by atoms with Crippen LogP contribution < -0.4 is 16.8 Å². The van der Waals surface area contributed by atoms with Gasteiger partial charge in [0.25, 0.3) is 0 Å². The second kappa shape index (κ2) is 6.87. The molecule has 0 radical (unpaired) electrons. The molecule has 1 aromatic carbocycles. The maximum Gasteiger partial charge on any atom is 0.243 e. The minimum atomic E-state index is -0.540. The molecule has 5 N–H and O–H groups in total. The summed E-state index contributed by atoms with van der Waals surface area (Å²) < 4.78 is 18.5. The van der Waals surface area contributed by atoms with Gasteiger partial charge < -0.3 is 21.5 Å². The fourth-order valence-corrected chi connectivity index (χ4v) is 1.37. The molecule has 98 valence electrons. The molecule has 0 heterocycles. The number of carbonyl (C=O) groups is 1. The Kier molecular flexibility index (Phi) is 5.47. The monoisotopic (exact) mass is 271 g/mol. The van der Waals surface area contributed by atoms with Gasteiger partial charge in [-0.3, -0.25) is 4.79 Å². The Morgan fingerprint density at radius 1 is 1.44 bits per heavy atom. The first-order valence-electron chi connectivity index (χ1n) is 5.20. The van der Waals surface area contributed by atoms with Crippen LogP contribution in [0.2, 0.25) is 0 Å². The van der Waals surface area contributed by atoms with E-state index in [0.29, 0.717) is 17.8 Å². The average Bonchev–Trinajstić information content (AvgIpc) is 2.29. The molecule has 18 heavy (non-hydrogen) atoms. The Labute approximate surface area is 109 Å². The molecule has 0 saturated heterocycles. The lowest BCUT2D eigenvalue weighted by molar-refractivity contribution is -0.122. The van der Waals surface area contributed by atoms with E-state index in [1.54, 1.807) is 6.07 Å². The third-order valence-corrected chi connectivity index (χ3v) is 2.30. The first-order chi connectivity index (χ1) is 8.50. The minimum Gasteiger partial charge on any atom is -0.389 e. The summed E-state index contributed by atoms with van der Waals surface area (Å²) in [5, 5.41) is 2.82. The van der Waals surface area contributed by atoms with E-state index < -0.39 is 11.7 Å². The molecule has 1 rings (SSSR count). The fourth-order valence-electron chi connectivity index (χ4n) is 1.24. The number of nitrogens with two attached hydrogens (primary N) is 2. The van der Waals surface area contributed by atoms with E-state index >= 15 is 0 Å². The van der Waals surface area contributed by atoms with Crippen LogP contribution in [0.4, 0.5) is 10.1 Å². The lowest BCUT2D eigenvalue weighted by atomic mass is 10.2. The number of primary amides is 1. The second-order valence-corrected chi connectivity index (χ2v) is 3.94. The molecule has 0 aliphatic carbocycles. The molecule has 1 aromatic rings. The van der Waals surface area contributed by atoms with Gasteiger partial charge in [-0.05, 0) is 18.2 Å². The lowest BCUT2D eigenvalue weighted by Gasteiger charge is -2.08. The van der Waals surface area contributed by atoms with Crippen LogP contribution in [0.3, 0.4) is 0 Å². The highest BCUT2D eigenvalue weighted by Gasteiger charge is 2.04. The van der Waals surface area contributed by atoms with Gasteiger partial charge in [-0.15, -0.1) is 0 Å². The zero-order valence-electron chi connectivity index (χ0n) is 9.61. The lowest BCUT2D eigenvalue weighted by Crippen LogP contribution is -2.20. The van der Waals surface area contributed by atoms with Crippen molar-refractivity contribution in [1.82, 2.24) is 0 Å². The van der Waals surface area contributed by atoms with Gasteiger partial charge in [0, 0.05) is 12.1 Å². The van der Waals surface area contributed by atoms with E-state index in [-0.39, 0.29) is 18.2 Å². The molecule has 5 nitrogen and oxygen atoms in total. The molecule has 0 unspecified atom stereocenters. The standard InChI is InChI=1S/C11H14FN3O2S/c12-8-5-7(11(14)18)1-2-9(8)15-3-4-17-6-10(13)16/h1-2,5,15H,3-4,6H2,(H2,13,16)(H2,14,18). The number of rotatable bonds is 7. The third kappa shape index (κ3) is 4.64. The summed E-state index contributed by atoms with van der Waals surface area (Å²) in [6, 6.07) is 4.42. The molecule has 0 spiro atoms. The highest BCUT2D eigenvalue weighted by atomic mass is 32.1. The number of amides is 1. The molecule has 7 heteroatoms. The Morgan fingerprint density at radius 3 is 2.72 bits per heavy atom. The van der Waals surface area contributed by atoms with Crippen molar-refractivity contribution in [1.29, 1.82) is 0 Å². The molecule has 1 amide bonds. The molecule has 0 aliphatic heterocycles. The van der Waals surface area contributed by atoms with Crippen LogP contribution in [-0.4, -0.2) is 30.7 Å². The van der Waals surface area contributed by atoms with E-state index in [1.807, 2.05) is 0 Å². The van der Waals surface area contributed by atoms with Gasteiger partial charge in [0.1, 0.15) is 17.4 Å². The predicted octanol–water partition coefficient (Wildman–Crippen LogP) is 0.374. The summed E-state index contributed by atoms with van der Waals surface area (Å²) in [4.78, 5) is 10.5. The molecule has 0 aliphatic rings. The molecule has 0 atom stereocenters. The van der Waals surface area contributed by atoms with Gasteiger partial charge in [-0.25, -0.2) is 4.39 Å². The molecule has 0 saturated carbocycles. The Bertz CT molecular complexity index is 454. The first kappa shape index (κ1) is 14.3. The number of hydrogen-bond acceptors (Lipinski definition) is 4. The predicted molar refractivity (Wildman–Crippen MR) is 70.8 cm³/mol. The Balaban J connectivity index is 2.43. The SMILES string of the molecule is NC(=O)COCCNc1ccc(C(N)=S)cc1F. The summed E-state index contributed by atoms with van der Waals surface area (Å²) in [5.74, 6) is -0.989. The number of ether oxygens (including phenoxy) is 1. The van der Waals surface area contributed by atoms with Crippen molar-refractivity contribution in [2.45, 2.75) is 0 Å². The number of hydrogen-bond donors (Lipinski definition) is 3. The molecular formula is C11H14FN3O2S. The quantitative estimate of drug-likeness (QED) is 0.492. The van der Waals surface area contributed by atoms with Gasteiger partial charge in [0.15, 0.2) is 0 Å². The van der Waals surface area contributed by atoms with Crippen LogP contribution in [0.25, 0.3) is 0 Å². The van der Waals surface area contributed by atoms with Crippen molar-refractivity contribution >= 4 is 28.8 Å². The van der Waals surface area contributed by atoms with Crippen molar-refractivity contribution < 1.29 is 13.9 Å². The van der Waals surface area contributed by atoms with Gasteiger partial charge in [0.2, 0.25) is 5.91 Å². The smallest absolute Gasteiger partial charge is 0.243 e. The number of thiocarbonyl (C=S) groups is 1. The van der Waals surface area contributed by atoms with Crippen molar-refractivity contribution in [3.8, 4) is 0 Å². The molecular weight excluding hydrogens is 257 g/mol. The normalized spacial score (nSPS) is 10.1. The van der Waals surface area contributed by atoms with E-state index in [0.717, 1.165) is 0 Å². The minimum absolute atomic E-state index is 0.144. The van der Waals surface area contributed by atoms with Gasteiger partial charge in [0.05, 0.1) is 12.3 Å². The van der Waals surface area contributed by atoms with E-state index in [4.69, 9.17) is 28.4 Å². The fraction of sp³-hybridized carbons (Fsp3) is 0.273. The number of anilines is 1.